The fourth-order valence-electron chi connectivity index (χ4n) is 2.47. The van der Waals surface area contributed by atoms with Crippen LogP contribution in [0.2, 0.25) is 0 Å². The van der Waals surface area contributed by atoms with Gasteiger partial charge in [-0.1, -0.05) is 30.3 Å². The first-order valence-corrected chi connectivity index (χ1v) is 6.21. The van der Waals surface area contributed by atoms with Crippen molar-refractivity contribution < 1.29 is 0 Å². The monoisotopic (exact) mass is 227 g/mol. The van der Waals surface area contributed by atoms with Crippen molar-refractivity contribution in [3.05, 3.63) is 54.1 Å². The number of nitrogens with one attached hydrogen (secondary N) is 1. The van der Waals surface area contributed by atoms with Crippen LogP contribution in [-0.2, 0) is 6.54 Å². The molecule has 0 amide bonds. The fraction of sp³-hybridized carbons (Fsp3) is 0.357. The van der Waals surface area contributed by atoms with Crippen LogP contribution in [0.15, 0.2) is 42.9 Å². The number of hydrogen-bond acceptors (Lipinski definition) is 2. The van der Waals surface area contributed by atoms with Crippen LogP contribution >= 0.6 is 0 Å². The Morgan fingerprint density at radius 2 is 2.18 bits per heavy atom. The second kappa shape index (κ2) is 4.72. The van der Waals surface area contributed by atoms with E-state index >= 15 is 0 Å². The van der Waals surface area contributed by atoms with Crippen molar-refractivity contribution >= 4 is 0 Å². The van der Waals surface area contributed by atoms with E-state index in [1.165, 1.54) is 24.1 Å². The van der Waals surface area contributed by atoms with Gasteiger partial charge in [0.1, 0.15) is 0 Å². The molecule has 1 N–H and O–H groups in total. The summed E-state index contributed by atoms with van der Waals surface area (Å²) in [5, 5.41) is 3.52. The highest BCUT2D eigenvalue weighted by Crippen LogP contribution is 2.23. The topological polar surface area (TPSA) is 29.9 Å². The largest absolute Gasteiger partial charge is 0.329 e. The van der Waals surface area contributed by atoms with E-state index in [0.29, 0.717) is 6.04 Å². The second-order valence-corrected chi connectivity index (χ2v) is 4.58. The summed E-state index contributed by atoms with van der Waals surface area (Å²) in [6.45, 7) is 2.04. The molecule has 1 aliphatic rings. The summed E-state index contributed by atoms with van der Waals surface area (Å²) in [5.74, 6) is 0. The van der Waals surface area contributed by atoms with E-state index in [1.54, 1.807) is 0 Å². The van der Waals surface area contributed by atoms with Crippen LogP contribution < -0.4 is 5.32 Å². The molecule has 3 rings (SSSR count). The predicted molar refractivity (Wildman–Crippen MR) is 67.7 cm³/mol. The average Bonchev–Trinajstić information content (AvgIpc) is 3.00. The van der Waals surface area contributed by atoms with E-state index in [0.717, 1.165) is 13.1 Å². The lowest BCUT2D eigenvalue weighted by Gasteiger charge is -2.13. The Morgan fingerprint density at radius 1 is 1.29 bits per heavy atom. The highest BCUT2D eigenvalue weighted by atomic mass is 15.1. The zero-order valence-corrected chi connectivity index (χ0v) is 9.84. The molecule has 0 spiro atoms. The molecule has 3 nitrogen and oxygen atoms in total. The zero-order chi connectivity index (χ0) is 11.5. The SMILES string of the molecule is c1ccc(Cn2cncc2C2CCCN2)cc1. The third kappa shape index (κ3) is 2.24. The average molecular weight is 227 g/mol. The van der Waals surface area contributed by atoms with Crippen molar-refractivity contribution in [2.75, 3.05) is 6.54 Å². The van der Waals surface area contributed by atoms with E-state index in [2.05, 4.69) is 45.2 Å². The summed E-state index contributed by atoms with van der Waals surface area (Å²) >= 11 is 0. The van der Waals surface area contributed by atoms with E-state index in [4.69, 9.17) is 0 Å². The minimum absolute atomic E-state index is 0.487. The summed E-state index contributed by atoms with van der Waals surface area (Å²) in [5.41, 5.74) is 2.64. The van der Waals surface area contributed by atoms with Crippen LogP contribution in [0.4, 0.5) is 0 Å². The molecule has 1 atom stereocenters. The zero-order valence-electron chi connectivity index (χ0n) is 9.84. The summed E-state index contributed by atoms with van der Waals surface area (Å²) in [7, 11) is 0. The minimum Gasteiger partial charge on any atom is -0.329 e. The number of hydrogen-bond donors (Lipinski definition) is 1. The maximum atomic E-state index is 4.29. The Kier molecular flexibility index (Phi) is 2.92. The van der Waals surface area contributed by atoms with Gasteiger partial charge in [0.15, 0.2) is 0 Å². The van der Waals surface area contributed by atoms with Crippen molar-refractivity contribution in [1.82, 2.24) is 14.9 Å². The van der Waals surface area contributed by atoms with E-state index in [9.17, 15) is 0 Å². The molecule has 1 unspecified atom stereocenters. The third-order valence-corrected chi connectivity index (χ3v) is 3.36. The maximum absolute atomic E-state index is 4.29. The molecular weight excluding hydrogens is 210 g/mol. The van der Waals surface area contributed by atoms with Gasteiger partial charge in [0.2, 0.25) is 0 Å². The Labute approximate surface area is 101 Å². The molecule has 1 fully saturated rings. The molecule has 1 aromatic heterocycles. The predicted octanol–water partition coefficient (Wildman–Crippen LogP) is 2.36. The van der Waals surface area contributed by atoms with Crippen LogP contribution in [0.3, 0.4) is 0 Å². The number of aromatic nitrogens is 2. The molecule has 1 aromatic carbocycles. The highest BCUT2D eigenvalue weighted by molar-refractivity contribution is 5.17. The Morgan fingerprint density at radius 3 is 2.94 bits per heavy atom. The Hall–Kier alpha value is -1.61. The first-order chi connectivity index (χ1) is 8.43. The molecule has 0 bridgehead atoms. The molecule has 0 aliphatic carbocycles. The fourth-order valence-corrected chi connectivity index (χ4v) is 2.47. The van der Waals surface area contributed by atoms with Gasteiger partial charge in [-0.2, -0.15) is 0 Å². The first-order valence-electron chi connectivity index (χ1n) is 6.21. The van der Waals surface area contributed by atoms with Crippen molar-refractivity contribution in [2.45, 2.75) is 25.4 Å². The Bertz CT molecular complexity index is 469. The van der Waals surface area contributed by atoms with Crippen LogP contribution in [0, 0.1) is 0 Å². The van der Waals surface area contributed by atoms with Gasteiger partial charge in [-0.15, -0.1) is 0 Å². The quantitative estimate of drug-likeness (QED) is 0.872. The lowest BCUT2D eigenvalue weighted by Crippen LogP contribution is -2.17. The van der Waals surface area contributed by atoms with Crippen LogP contribution in [0.25, 0.3) is 0 Å². The van der Waals surface area contributed by atoms with E-state index in [1.807, 2.05) is 12.5 Å². The van der Waals surface area contributed by atoms with Gasteiger partial charge in [0, 0.05) is 18.8 Å². The molecule has 1 aliphatic heterocycles. The van der Waals surface area contributed by atoms with Gasteiger partial charge in [0.25, 0.3) is 0 Å². The number of benzene rings is 1. The van der Waals surface area contributed by atoms with Gasteiger partial charge in [-0.05, 0) is 24.9 Å². The molecule has 2 heterocycles. The van der Waals surface area contributed by atoms with Crippen LogP contribution in [0.5, 0.6) is 0 Å². The molecule has 0 saturated carbocycles. The molecular formula is C14H17N3. The summed E-state index contributed by atoms with van der Waals surface area (Å²) in [6.07, 6.45) is 6.41. The maximum Gasteiger partial charge on any atom is 0.0951 e. The molecule has 17 heavy (non-hydrogen) atoms. The molecule has 2 aromatic rings. The highest BCUT2D eigenvalue weighted by Gasteiger charge is 2.19. The normalized spacial score (nSPS) is 19.6. The minimum atomic E-state index is 0.487. The third-order valence-electron chi connectivity index (χ3n) is 3.36. The molecule has 3 heteroatoms. The summed E-state index contributed by atoms with van der Waals surface area (Å²) in [4.78, 5) is 4.29. The second-order valence-electron chi connectivity index (χ2n) is 4.58. The van der Waals surface area contributed by atoms with Crippen molar-refractivity contribution in [2.24, 2.45) is 0 Å². The lowest BCUT2D eigenvalue weighted by atomic mass is 10.1. The first kappa shape index (κ1) is 10.5. The number of imidazole rings is 1. The van der Waals surface area contributed by atoms with Crippen molar-refractivity contribution in [3.8, 4) is 0 Å². The van der Waals surface area contributed by atoms with Gasteiger partial charge in [-0.3, -0.25) is 0 Å². The van der Waals surface area contributed by atoms with E-state index < -0.39 is 0 Å². The van der Waals surface area contributed by atoms with Crippen molar-refractivity contribution in [3.63, 3.8) is 0 Å². The van der Waals surface area contributed by atoms with Crippen molar-refractivity contribution in [1.29, 1.82) is 0 Å². The van der Waals surface area contributed by atoms with Crippen LogP contribution in [-0.4, -0.2) is 16.1 Å². The summed E-state index contributed by atoms with van der Waals surface area (Å²) < 4.78 is 2.25. The molecule has 1 saturated heterocycles. The van der Waals surface area contributed by atoms with Gasteiger partial charge in [0.05, 0.1) is 12.0 Å². The number of rotatable bonds is 3. The smallest absolute Gasteiger partial charge is 0.0951 e. The van der Waals surface area contributed by atoms with Gasteiger partial charge in [-0.25, -0.2) is 4.98 Å². The van der Waals surface area contributed by atoms with Gasteiger partial charge < -0.3 is 9.88 Å². The summed E-state index contributed by atoms with van der Waals surface area (Å²) in [6, 6.07) is 11.0. The van der Waals surface area contributed by atoms with E-state index in [-0.39, 0.29) is 0 Å². The van der Waals surface area contributed by atoms with Crippen LogP contribution in [0.1, 0.15) is 30.1 Å². The standard InChI is InChI=1S/C14H17N3/c1-2-5-12(6-3-1)10-17-11-15-9-14(17)13-7-4-8-16-13/h1-3,5-6,9,11,13,16H,4,7-8,10H2. The molecule has 0 radical (unpaired) electrons. The molecule has 88 valence electrons. The lowest BCUT2D eigenvalue weighted by molar-refractivity contribution is 0.584. The Balaban J connectivity index is 1.81. The van der Waals surface area contributed by atoms with Gasteiger partial charge >= 0.3 is 0 Å². The number of nitrogens with zero attached hydrogens (tertiary/aromatic N) is 2.